The number of rotatable bonds is 4. The number of hydrogen-bond donors (Lipinski definition) is 0. The molecule has 3 rings (SSSR count). The Balaban J connectivity index is 1.79. The van der Waals surface area contributed by atoms with Crippen molar-refractivity contribution in [2.45, 2.75) is 13.0 Å². The number of carbonyl (C=O) groups excluding carboxylic acids is 2. The summed E-state index contributed by atoms with van der Waals surface area (Å²) < 4.78 is 15.7. The Morgan fingerprint density at radius 3 is 2.76 bits per heavy atom. The number of benzene rings is 1. The molecule has 0 bridgehead atoms. The topological polar surface area (TPSA) is 55.2 Å². The monoisotopic (exact) mass is 351 g/mol. The molecular weight excluding hydrogens is 341 g/mol. The molecule has 0 saturated carbocycles. The minimum Gasteiger partial charge on any atom is -0.337 e. The standard InChI is InChI=1S/C14H11BrFN3O2/c15-10-6-9-12(7-11(10)16)19(14(21)13(9)20)4-1-3-18-5-2-17-8-18/h2,5-8H,1,3-4H2. The normalized spacial score (nSPS) is 13.9. The number of hydrogen-bond acceptors (Lipinski definition) is 3. The molecule has 2 heterocycles. The van der Waals surface area contributed by atoms with Gasteiger partial charge in [-0.05, 0) is 34.5 Å². The molecule has 5 nitrogen and oxygen atoms in total. The Labute approximate surface area is 128 Å². The molecule has 2 aromatic rings. The molecule has 108 valence electrons. The maximum Gasteiger partial charge on any atom is 0.299 e. The number of carbonyl (C=O) groups is 2. The van der Waals surface area contributed by atoms with Crippen molar-refractivity contribution in [3.05, 3.63) is 46.7 Å². The van der Waals surface area contributed by atoms with Gasteiger partial charge in [-0.15, -0.1) is 0 Å². The van der Waals surface area contributed by atoms with E-state index in [-0.39, 0.29) is 10.0 Å². The molecule has 1 aliphatic rings. The van der Waals surface area contributed by atoms with Gasteiger partial charge >= 0.3 is 0 Å². The number of imidazole rings is 1. The van der Waals surface area contributed by atoms with Crippen LogP contribution >= 0.6 is 15.9 Å². The Hall–Kier alpha value is -2.02. The van der Waals surface area contributed by atoms with Crippen molar-refractivity contribution in [2.75, 3.05) is 11.4 Å². The first kappa shape index (κ1) is 13.9. The fourth-order valence-corrected chi connectivity index (χ4v) is 2.68. The smallest absolute Gasteiger partial charge is 0.299 e. The average Bonchev–Trinajstić information content (AvgIpc) is 3.04. The van der Waals surface area contributed by atoms with E-state index < -0.39 is 17.5 Å². The molecule has 0 saturated heterocycles. The van der Waals surface area contributed by atoms with Crippen LogP contribution in [0.15, 0.2) is 35.3 Å². The van der Waals surface area contributed by atoms with Crippen LogP contribution in [0, 0.1) is 5.82 Å². The zero-order chi connectivity index (χ0) is 15.0. The molecule has 1 amide bonds. The minimum atomic E-state index is -0.604. The zero-order valence-electron chi connectivity index (χ0n) is 10.9. The van der Waals surface area contributed by atoms with Crippen molar-refractivity contribution >= 4 is 33.3 Å². The Morgan fingerprint density at radius 2 is 2.05 bits per heavy atom. The van der Waals surface area contributed by atoms with E-state index in [0.29, 0.717) is 25.2 Å². The van der Waals surface area contributed by atoms with E-state index in [0.717, 1.165) is 0 Å². The summed E-state index contributed by atoms with van der Waals surface area (Å²) in [5.41, 5.74) is 0.590. The average molecular weight is 352 g/mol. The van der Waals surface area contributed by atoms with E-state index in [1.54, 1.807) is 12.5 Å². The molecule has 0 fully saturated rings. The predicted molar refractivity (Wildman–Crippen MR) is 77.6 cm³/mol. The largest absolute Gasteiger partial charge is 0.337 e. The van der Waals surface area contributed by atoms with Crippen molar-refractivity contribution in [1.29, 1.82) is 0 Å². The number of aromatic nitrogens is 2. The molecule has 1 aliphatic heterocycles. The highest BCUT2D eigenvalue weighted by molar-refractivity contribution is 9.10. The van der Waals surface area contributed by atoms with Gasteiger partial charge in [-0.2, -0.15) is 0 Å². The summed E-state index contributed by atoms with van der Waals surface area (Å²) in [6, 6.07) is 2.58. The molecule has 0 unspecified atom stereocenters. The van der Waals surface area contributed by atoms with Crippen molar-refractivity contribution in [1.82, 2.24) is 9.55 Å². The zero-order valence-corrected chi connectivity index (χ0v) is 12.5. The summed E-state index contributed by atoms with van der Waals surface area (Å²) in [6.07, 6.45) is 5.82. The van der Waals surface area contributed by atoms with Gasteiger partial charge in [0.05, 0.1) is 22.1 Å². The van der Waals surface area contributed by atoms with Crippen LogP contribution in [0.4, 0.5) is 10.1 Å². The summed E-state index contributed by atoms with van der Waals surface area (Å²) in [5, 5.41) is 0. The van der Waals surface area contributed by atoms with Gasteiger partial charge in [0, 0.05) is 25.5 Å². The van der Waals surface area contributed by atoms with Crippen molar-refractivity contribution in [3.8, 4) is 0 Å². The second kappa shape index (κ2) is 5.40. The maximum absolute atomic E-state index is 13.6. The SMILES string of the molecule is O=C1C(=O)N(CCCn2ccnc2)c2cc(F)c(Br)cc21. The third-order valence-corrected chi connectivity index (χ3v) is 3.98. The first-order valence-electron chi connectivity index (χ1n) is 6.39. The van der Waals surface area contributed by atoms with Crippen LogP contribution in [0.25, 0.3) is 0 Å². The van der Waals surface area contributed by atoms with Crippen LogP contribution in [0.2, 0.25) is 0 Å². The lowest BCUT2D eigenvalue weighted by molar-refractivity contribution is -0.114. The number of aryl methyl sites for hydroxylation is 1. The van der Waals surface area contributed by atoms with Gasteiger partial charge in [0.1, 0.15) is 5.82 Å². The lowest BCUT2D eigenvalue weighted by atomic mass is 10.1. The predicted octanol–water partition coefficient (Wildman–Crippen LogP) is 2.40. The van der Waals surface area contributed by atoms with Crippen LogP contribution in [-0.2, 0) is 11.3 Å². The quantitative estimate of drug-likeness (QED) is 0.794. The van der Waals surface area contributed by atoms with Crippen molar-refractivity contribution in [3.63, 3.8) is 0 Å². The Bertz CT molecular complexity index is 715. The molecular formula is C14H11BrFN3O2. The Morgan fingerprint density at radius 1 is 1.24 bits per heavy atom. The fraction of sp³-hybridized carbons (Fsp3) is 0.214. The lowest BCUT2D eigenvalue weighted by Gasteiger charge is -2.16. The second-order valence-corrected chi connectivity index (χ2v) is 5.58. The second-order valence-electron chi connectivity index (χ2n) is 4.72. The highest BCUT2D eigenvalue weighted by atomic mass is 79.9. The number of nitrogens with zero attached hydrogens (tertiary/aromatic N) is 3. The van der Waals surface area contributed by atoms with Crippen molar-refractivity contribution < 1.29 is 14.0 Å². The maximum atomic E-state index is 13.6. The summed E-state index contributed by atoms with van der Waals surface area (Å²) >= 11 is 3.03. The van der Waals surface area contributed by atoms with Crippen molar-refractivity contribution in [2.24, 2.45) is 0 Å². The summed E-state index contributed by atoms with van der Waals surface area (Å²) in [4.78, 5) is 29.2. The molecule has 0 N–H and O–H groups in total. The van der Waals surface area contributed by atoms with E-state index in [1.165, 1.54) is 17.0 Å². The molecule has 0 spiro atoms. The number of amides is 1. The summed E-state index contributed by atoms with van der Waals surface area (Å²) in [5.74, 6) is -1.68. The van der Waals surface area contributed by atoms with Gasteiger partial charge in [0.15, 0.2) is 0 Å². The first-order chi connectivity index (χ1) is 10.1. The van der Waals surface area contributed by atoms with Gasteiger partial charge in [-0.25, -0.2) is 9.37 Å². The van der Waals surface area contributed by atoms with Crippen LogP contribution in [0.5, 0.6) is 0 Å². The highest BCUT2D eigenvalue weighted by Gasteiger charge is 2.36. The molecule has 21 heavy (non-hydrogen) atoms. The van der Waals surface area contributed by atoms with Gasteiger partial charge in [0.2, 0.25) is 0 Å². The fourth-order valence-electron chi connectivity index (χ4n) is 2.34. The van der Waals surface area contributed by atoms with E-state index in [1.807, 2.05) is 10.8 Å². The first-order valence-corrected chi connectivity index (χ1v) is 7.18. The molecule has 7 heteroatoms. The third-order valence-electron chi connectivity index (χ3n) is 3.37. The number of ketones is 1. The highest BCUT2D eigenvalue weighted by Crippen LogP contribution is 2.33. The van der Waals surface area contributed by atoms with E-state index in [9.17, 15) is 14.0 Å². The third kappa shape index (κ3) is 2.49. The number of anilines is 1. The van der Waals surface area contributed by atoms with Gasteiger partial charge in [-0.1, -0.05) is 0 Å². The molecule has 1 aromatic heterocycles. The molecule has 1 aromatic carbocycles. The molecule has 0 atom stereocenters. The van der Waals surface area contributed by atoms with E-state index in [4.69, 9.17) is 0 Å². The number of fused-ring (bicyclic) bond motifs is 1. The number of halogens is 2. The number of Topliss-reactive ketones (excluding diaryl/α,β-unsaturated/α-hetero) is 1. The van der Waals surface area contributed by atoms with Crippen LogP contribution in [0.1, 0.15) is 16.8 Å². The molecule has 0 radical (unpaired) electrons. The van der Waals surface area contributed by atoms with Gasteiger partial charge < -0.3 is 9.47 Å². The Kier molecular flexibility index (Phi) is 3.59. The van der Waals surface area contributed by atoms with E-state index >= 15 is 0 Å². The molecule has 0 aliphatic carbocycles. The summed E-state index contributed by atoms with van der Waals surface area (Å²) in [7, 11) is 0. The van der Waals surface area contributed by atoms with Crippen LogP contribution in [0.3, 0.4) is 0 Å². The lowest BCUT2D eigenvalue weighted by Crippen LogP contribution is -2.31. The van der Waals surface area contributed by atoms with E-state index in [2.05, 4.69) is 20.9 Å². The van der Waals surface area contributed by atoms with Gasteiger partial charge in [0.25, 0.3) is 11.7 Å². The minimum absolute atomic E-state index is 0.183. The van der Waals surface area contributed by atoms with Crippen LogP contribution < -0.4 is 4.90 Å². The summed E-state index contributed by atoms with van der Waals surface area (Å²) in [6.45, 7) is 1.03. The van der Waals surface area contributed by atoms with Crippen LogP contribution in [-0.4, -0.2) is 27.8 Å². The van der Waals surface area contributed by atoms with Gasteiger partial charge in [-0.3, -0.25) is 9.59 Å².